The molecule has 0 aromatic heterocycles. The molecule has 1 aromatic rings. The number of aryl methyl sites for hydroxylation is 1. The van der Waals surface area contributed by atoms with E-state index >= 15 is 0 Å². The van der Waals surface area contributed by atoms with Gasteiger partial charge in [-0.1, -0.05) is 0 Å². The molecule has 0 bridgehead atoms. The van der Waals surface area contributed by atoms with Crippen molar-refractivity contribution in [2.24, 2.45) is 0 Å². The van der Waals surface area contributed by atoms with Gasteiger partial charge in [-0.2, -0.15) is 0 Å². The van der Waals surface area contributed by atoms with Crippen LogP contribution >= 0.6 is 0 Å². The number of hydrogen-bond donors (Lipinski definition) is 2. The highest BCUT2D eigenvalue weighted by Crippen LogP contribution is 2.38. The lowest BCUT2D eigenvalue weighted by Crippen LogP contribution is -2.36. The standard InChI is InChI=1S/C16H17N3O3/c20-13-8-10-7-12(6-9-2-1-5-19(13)14(9)10)18-16(22)15(21)17-11-3-4-11/h6-7,11H,1-5,8H2,(H,17,21)(H,18,22). The molecule has 114 valence electrons. The Morgan fingerprint density at radius 1 is 1.14 bits per heavy atom. The summed E-state index contributed by atoms with van der Waals surface area (Å²) in [6.45, 7) is 0.772. The molecule has 1 saturated carbocycles. The normalized spacial score (nSPS) is 18.9. The van der Waals surface area contributed by atoms with E-state index in [1.54, 1.807) is 0 Å². The van der Waals surface area contributed by atoms with Crippen molar-refractivity contribution in [3.05, 3.63) is 23.3 Å². The molecule has 1 aromatic carbocycles. The number of amides is 3. The molecule has 0 spiro atoms. The number of carbonyl (C=O) groups excluding carboxylic acids is 3. The maximum Gasteiger partial charge on any atom is 0.313 e. The minimum Gasteiger partial charge on any atom is -0.345 e. The van der Waals surface area contributed by atoms with Crippen LogP contribution in [0.3, 0.4) is 0 Å². The average Bonchev–Trinajstić information content (AvgIpc) is 3.24. The average molecular weight is 299 g/mol. The molecule has 22 heavy (non-hydrogen) atoms. The minimum atomic E-state index is -0.643. The van der Waals surface area contributed by atoms with Crippen molar-refractivity contribution in [3.63, 3.8) is 0 Å². The second-order valence-electron chi connectivity index (χ2n) is 6.17. The van der Waals surface area contributed by atoms with Crippen LogP contribution in [0, 0.1) is 0 Å². The Morgan fingerprint density at radius 2 is 1.91 bits per heavy atom. The summed E-state index contributed by atoms with van der Waals surface area (Å²) in [5.41, 5.74) is 3.63. The summed E-state index contributed by atoms with van der Waals surface area (Å²) >= 11 is 0. The quantitative estimate of drug-likeness (QED) is 0.791. The fraction of sp³-hybridized carbons (Fsp3) is 0.438. The van der Waals surface area contributed by atoms with Crippen molar-refractivity contribution in [1.29, 1.82) is 0 Å². The van der Waals surface area contributed by atoms with E-state index in [2.05, 4.69) is 10.6 Å². The van der Waals surface area contributed by atoms with Crippen molar-refractivity contribution in [1.82, 2.24) is 5.32 Å². The molecule has 0 radical (unpaired) electrons. The van der Waals surface area contributed by atoms with Gasteiger partial charge >= 0.3 is 11.8 Å². The Kier molecular flexibility index (Phi) is 2.92. The second kappa shape index (κ2) is 4.83. The maximum absolute atomic E-state index is 12.0. The molecule has 1 aliphatic carbocycles. The number of anilines is 2. The summed E-state index contributed by atoms with van der Waals surface area (Å²) in [5.74, 6) is -1.11. The van der Waals surface area contributed by atoms with Gasteiger partial charge in [0, 0.05) is 18.3 Å². The fourth-order valence-corrected chi connectivity index (χ4v) is 3.22. The second-order valence-corrected chi connectivity index (χ2v) is 6.17. The van der Waals surface area contributed by atoms with E-state index in [9.17, 15) is 14.4 Å². The third-order valence-corrected chi connectivity index (χ3v) is 4.38. The summed E-state index contributed by atoms with van der Waals surface area (Å²) < 4.78 is 0. The first kappa shape index (κ1) is 13.3. The lowest BCUT2D eigenvalue weighted by Gasteiger charge is -2.26. The lowest BCUT2D eigenvalue weighted by atomic mass is 9.99. The molecular formula is C16H17N3O3. The smallest absolute Gasteiger partial charge is 0.313 e. The van der Waals surface area contributed by atoms with Gasteiger partial charge in [-0.25, -0.2) is 0 Å². The van der Waals surface area contributed by atoms with E-state index in [1.165, 1.54) is 0 Å². The number of nitrogens with zero attached hydrogens (tertiary/aromatic N) is 1. The van der Waals surface area contributed by atoms with Crippen LogP contribution in [-0.4, -0.2) is 30.3 Å². The summed E-state index contributed by atoms with van der Waals surface area (Å²) in [6, 6.07) is 3.85. The third kappa shape index (κ3) is 2.24. The van der Waals surface area contributed by atoms with E-state index in [1.807, 2.05) is 17.0 Å². The number of hydrogen-bond acceptors (Lipinski definition) is 3. The van der Waals surface area contributed by atoms with Gasteiger partial charge in [0.05, 0.1) is 12.1 Å². The molecule has 0 unspecified atom stereocenters. The van der Waals surface area contributed by atoms with E-state index in [0.717, 1.165) is 49.0 Å². The van der Waals surface area contributed by atoms with E-state index < -0.39 is 11.8 Å². The monoisotopic (exact) mass is 299 g/mol. The van der Waals surface area contributed by atoms with Crippen molar-refractivity contribution >= 4 is 29.1 Å². The molecule has 6 nitrogen and oxygen atoms in total. The molecule has 2 heterocycles. The molecule has 2 N–H and O–H groups in total. The SMILES string of the molecule is O=C(Nc1cc2c3c(c1)CC(=O)N3CCC2)C(=O)NC1CC1. The highest BCUT2D eigenvalue weighted by Gasteiger charge is 2.33. The predicted molar refractivity (Wildman–Crippen MR) is 80.6 cm³/mol. The van der Waals surface area contributed by atoms with Crippen LogP contribution in [-0.2, 0) is 27.2 Å². The first-order valence-electron chi connectivity index (χ1n) is 7.70. The van der Waals surface area contributed by atoms with E-state index in [-0.39, 0.29) is 11.9 Å². The number of carbonyl (C=O) groups is 3. The molecule has 0 saturated heterocycles. The van der Waals surface area contributed by atoms with Crippen molar-refractivity contribution in [2.75, 3.05) is 16.8 Å². The number of benzene rings is 1. The van der Waals surface area contributed by atoms with Gasteiger partial charge in [-0.3, -0.25) is 14.4 Å². The molecule has 0 atom stereocenters. The molecule has 3 amide bonds. The lowest BCUT2D eigenvalue weighted by molar-refractivity contribution is -0.136. The summed E-state index contributed by atoms with van der Waals surface area (Å²) in [4.78, 5) is 37.5. The van der Waals surface area contributed by atoms with Gasteiger partial charge in [-0.05, 0) is 48.9 Å². The molecule has 2 aliphatic heterocycles. The summed E-state index contributed by atoms with van der Waals surface area (Å²) in [5, 5.41) is 5.32. The van der Waals surface area contributed by atoms with Gasteiger partial charge in [0.1, 0.15) is 0 Å². The Morgan fingerprint density at radius 3 is 2.68 bits per heavy atom. The van der Waals surface area contributed by atoms with Gasteiger partial charge in [0.15, 0.2) is 0 Å². The number of nitrogens with one attached hydrogen (secondary N) is 2. The molecule has 1 fully saturated rings. The largest absolute Gasteiger partial charge is 0.345 e. The highest BCUT2D eigenvalue weighted by molar-refractivity contribution is 6.39. The zero-order valence-corrected chi connectivity index (χ0v) is 12.1. The van der Waals surface area contributed by atoms with Crippen molar-refractivity contribution in [3.8, 4) is 0 Å². The number of rotatable bonds is 2. The van der Waals surface area contributed by atoms with Gasteiger partial charge in [0.25, 0.3) is 0 Å². The zero-order chi connectivity index (χ0) is 15.3. The topological polar surface area (TPSA) is 78.5 Å². The summed E-state index contributed by atoms with van der Waals surface area (Å²) in [6.07, 6.45) is 4.09. The van der Waals surface area contributed by atoms with Crippen LogP contribution in [0.15, 0.2) is 12.1 Å². The Bertz CT molecular complexity index is 694. The molecule has 4 rings (SSSR count). The van der Waals surface area contributed by atoms with Crippen molar-refractivity contribution < 1.29 is 14.4 Å². The van der Waals surface area contributed by atoms with Crippen LogP contribution in [0.1, 0.15) is 30.4 Å². The van der Waals surface area contributed by atoms with Gasteiger partial charge < -0.3 is 15.5 Å². The van der Waals surface area contributed by atoms with E-state index in [0.29, 0.717) is 12.1 Å². The van der Waals surface area contributed by atoms with Crippen LogP contribution in [0.2, 0.25) is 0 Å². The first-order chi connectivity index (χ1) is 10.6. The van der Waals surface area contributed by atoms with Gasteiger partial charge in [-0.15, -0.1) is 0 Å². The molecule has 3 aliphatic rings. The Balaban J connectivity index is 1.56. The van der Waals surface area contributed by atoms with Gasteiger partial charge in [0.2, 0.25) is 5.91 Å². The maximum atomic E-state index is 12.0. The highest BCUT2D eigenvalue weighted by atomic mass is 16.2. The predicted octanol–water partition coefficient (Wildman–Crippen LogP) is 0.739. The van der Waals surface area contributed by atoms with Crippen LogP contribution in [0.4, 0.5) is 11.4 Å². The van der Waals surface area contributed by atoms with Crippen LogP contribution < -0.4 is 15.5 Å². The first-order valence-corrected chi connectivity index (χ1v) is 7.70. The fourth-order valence-electron chi connectivity index (χ4n) is 3.22. The van der Waals surface area contributed by atoms with Crippen LogP contribution in [0.5, 0.6) is 0 Å². The van der Waals surface area contributed by atoms with Crippen molar-refractivity contribution in [2.45, 2.75) is 38.1 Å². The summed E-state index contributed by atoms with van der Waals surface area (Å²) in [7, 11) is 0. The molecular weight excluding hydrogens is 282 g/mol. The van der Waals surface area contributed by atoms with E-state index in [4.69, 9.17) is 0 Å². The Hall–Kier alpha value is -2.37. The minimum absolute atomic E-state index is 0.117. The Labute approximate surface area is 127 Å². The van der Waals surface area contributed by atoms with Crippen LogP contribution in [0.25, 0.3) is 0 Å². The molecule has 6 heteroatoms. The third-order valence-electron chi connectivity index (χ3n) is 4.38. The zero-order valence-electron chi connectivity index (χ0n) is 12.1.